The van der Waals surface area contributed by atoms with E-state index in [4.69, 9.17) is 4.74 Å². The predicted molar refractivity (Wildman–Crippen MR) is 82.7 cm³/mol. The number of hydrogen-bond acceptors (Lipinski definition) is 4. The van der Waals surface area contributed by atoms with E-state index in [1.807, 2.05) is 12.1 Å². The molecule has 0 aliphatic carbocycles. The summed E-state index contributed by atoms with van der Waals surface area (Å²) in [5, 5.41) is 3.38. The average molecular weight is 287 g/mol. The van der Waals surface area contributed by atoms with Crippen molar-refractivity contribution in [2.45, 2.75) is 26.4 Å². The maximum atomic E-state index is 11.7. The maximum absolute atomic E-state index is 11.7. The summed E-state index contributed by atoms with van der Waals surface area (Å²) in [4.78, 5) is 15.5. The van der Waals surface area contributed by atoms with Crippen molar-refractivity contribution in [3.05, 3.63) is 58.3 Å². The molecule has 0 fully saturated rings. The summed E-state index contributed by atoms with van der Waals surface area (Å²) in [6.45, 7) is 5.55. The lowest BCUT2D eigenvalue weighted by Gasteiger charge is -2.16. The molecule has 5 nitrogen and oxygen atoms in total. The number of methoxy groups -OCH3 is 1. The summed E-state index contributed by atoms with van der Waals surface area (Å²) in [7, 11) is 1.64. The van der Waals surface area contributed by atoms with E-state index in [1.54, 1.807) is 23.9 Å². The van der Waals surface area contributed by atoms with Crippen LogP contribution in [0.3, 0.4) is 0 Å². The van der Waals surface area contributed by atoms with E-state index < -0.39 is 0 Å². The van der Waals surface area contributed by atoms with Gasteiger partial charge in [0.05, 0.1) is 13.7 Å². The van der Waals surface area contributed by atoms with E-state index in [2.05, 4.69) is 30.2 Å². The highest BCUT2D eigenvalue weighted by molar-refractivity contribution is 5.38. The molecule has 0 radical (unpaired) electrons. The quantitative estimate of drug-likeness (QED) is 0.882. The van der Waals surface area contributed by atoms with Crippen LogP contribution >= 0.6 is 0 Å². The summed E-state index contributed by atoms with van der Waals surface area (Å²) < 4.78 is 6.96. The van der Waals surface area contributed by atoms with Crippen molar-refractivity contribution in [1.29, 1.82) is 0 Å². The van der Waals surface area contributed by atoms with Crippen LogP contribution < -0.4 is 15.7 Å². The lowest BCUT2D eigenvalue weighted by Crippen LogP contribution is -2.22. The van der Waals surface area contributed by atoms with Crippen LogP contribution in [0, 0.1) is 0 Å². The number of nitrogens with zero attached hydrogens (tertiary/aromatic N) is 2. The van der Waals surface area contributed by atoms with E-state index in [9.17, 15) is 4.79 Å². The molecule has 0 bridgehead atoms. The van der Waals surface area contributed by atoms with Gasteiger partial charge >= 0.3 is 5.69 Å². The lowest BCUT2D eigenvalue weighted by atomic mass is 10.0. The standard InChI is InChI=1S/C16H21N3O2/c1-4-17-12(2)13-6-7-15(21-3)14(10-13)11-19-9-5-8-18-16(19)20/h5-10,12,17H,4,11H2,1-3H3. The van der Waals surface area contributed by atoms with Crippen LogP contribution in [0.1, 0.15) is 31.0 Å². The molecule has 21 heavy (non-hydrogen) atoms. The lowest BCUT2D eigenvalue weighted by molar-refractivity contribution is 0.407. The normalized spacial score (nSPS) is 12.1. The van der Waals surface area contributed by atoms with Crippen LogP contribution in [0.4, 0.5) is 0 Å². The minimum absolute atomic E-state index is 0.255. The summed E-state index contributed by atoms with van der Waals surface area (Å²) >= 11 is 0. The van der Waals surface area contributed by atoms with Gasteiger partial charge in [0.15, 0.2) is 0 Å². The van der Waals surface area contributed by atoms with Gasteiger partial charge in [-0.25, -0.2) is 9.78 Å². The van der Waals surface area contributed by atoms with E-state index in [0.717, 1.165) is 17.9 Å². The van der Waals surface area contributed by atoms with Crippen LogP contribution in [0.15, 0.2) is 41.5 Å². The van der Waals surface area contributed by atoms with E-state index in [0.29, 0.717) is 6.54 Å². The van der Waals surface area contributed by atoms with E-state index >= 15 is 0 Å². The Kier molecular flexibility index (Phi) is 5.11. The Morgan fingerprint density at radius 1 is 1.43 bits per heavy atom. The number of ether oxygens (including phenoxy) is 1. The third-order valence-electron chi connectivity index (χ3n) is 3.44. The van der Waals surface area contributed by atoms with E-state index in [1.165, 1.54) is 11.8 Å². The van der Waals surface area contributed by atoms with Gasteiger partial charge in [-0.3, -0.25) is 4.57 Å². The van der Waals surface area contributed by atoms with Crippen molar-refractivity contribution in [2.24, 2.45) is 0 Å². The molecular formula is C16H21N3O2. The Morgan fingerprint density at radius 3 is 2.90 bits per heavy atom. The zero-order chi connectivity index (χ0) is 15.2. The van der Waals surface area contributed by atoms with Crippen LogP contribution in [-0.4, -0.2) is 23.2 Å². The molecule has 1 aromatic carbocycles. The summed E-state index contributed by atoms with van der Waals surface area (Å²) in [6.07, 6.45) is 3.23. The topological polar surface area (TPSA) is 56.1 Å². The number of nitrogens with one attached hydrogen (secondary N) is 1. The smallest absolute Gasteiger partial charge is 0.347 e. The first-order chi connectivity index (χ1) is 10.2. The maximum Gasteiger partial charge on any atom is 0.347 e. The highest BCUT2D eigenvalue weighted by atomic mass is 16.5. The van der Waals surface area contributed by atoms with Gasteiger partial charge in [-0.2, -0.15) is 0 Å². The molecule has 0 saturated heterocycles. The molecule has 2 rings (SSSR count). The van der Waals surface area contributed by atoms with Crippen molar-refractivity contribution in [1.82, 2.24) is 14.9 Å². The molecule has 0 saturated carbocycles. The second-order valence-corrected chi connectivity index (χ2v) is 4.88. The summed E-state index contributed by atoms with van der Waals surface area (Å²) in [5.41, 5.74) is 1.88. The molecule has 1 aromatic heterocycles. The van der Waals surface area contributed by atoms with Gasteiger partial charge in [-0.15, -0.1) is 0 Å². The Labute approximate surface area is 124 Å². The Hall–Kier alpha value is -2.14. The second-order valence-electron chi connectivity index (χ2n) is 4.88. The van der Waals surface area contributed by atoms with Crippen LogP contribution in [0.5, 0.6) is 5.75 Å². The fourth-order valence-corrected chi connectivity index (χ4v) is 2.31. The van der Waals surface area contributed by atoms with Gasteiger partial charge < -0.3 is 10.1 Å². The molecule has 0 aliphatic rings. The average Bonchev–Trinajstić information content (AvgIpc) is 2.50. The SMILES string of the molecule is CCNC(C)c1ccc(OC)c(Cn2cccnc2=O)c1. The Balaban J connectivity index is 2.34. The molecule has 5 heteroatoms. The zero-order valence-corrected chi connectivity index (χ0v) is 12.7. The van der Waals surface area contributed by atoms with Gasteiger partial charge in [0.1, 0.15) is 5.75 Å². The van der Waals surface area contributed by atoms with Gasteiger partial charge in [-0.05, 0) is 37.2 Å². The first-order valence-corrected chi connectivity index (χ1v) is 7.07. The monoisotopic (exact) mass is 287 g/mol. The Bertz CT molecular complexity index is 652. The number of benzene rings is 1. The molecule has 0 aliphatic heterocycles. The highest BCUT2D eigenvalue weighted by Crippen LogP contribution is 2.23. The first-order valence-electron chi connectivity index (χ1n) is 7.07. The minimum Gasteiger partial charge on any atom is -0.496 e. The van der Waals surface area contributed by atoms with Gasteiger partial charge in [0.2, 0.25) is 0 Å². The van der Waals surface area contributed by atoms with Crippen molar-refractivity contribution in [3.8, 4) is 5.75 Å². The number of aromatic nitrogens is 2. The zero-order valence-electron chi connectivity index (χ0n) is 12.7. The van der Waals surface area contributed by atoms with Gasteiger partial charge in [-0.1, -0.05) is 13.0 Å². The fourth-order valence-electron chi connectivity index (χ4n) is 2.31. The van der Waals surface area contributed by atoms with Crippen LogP contribution in [0.2, 0.25) is 0 Å². The van der Waals surface area contributed by atoms with Crippen molar-refractivity contribution >= 4 is 0 Å². The summed E-state index contributed by atoms with van der Waals surface area (Å²) in [6, 6.07) is 8.07. The van der Waals surface area contributed by atoms with Crippen molar-refractivity contribution < 1.29 is 4.74 Å². The molecular weight excluding hydrogens is 266 g/mol. The number of hydrogen-bond donors (Lipinski definition) is 1. The van der Waals surface area contributed by atoms with Crippen LogP contribution in [-0.2, 0) is 6.54 Å². The first kappa shape index (κ1) is 15.3. The third kappa shape index (κ3) is 3.70. The summed E-state index contributed by atoms with van der Waals surface area (Å²) in [5.74, 6) is 0.776. The fraction of sp³-hybridized carbons (Fsp3) is 0.375. The van der Waals surface area contributed by atoms with Crippen molar-refractivity contribution in [3.63, 3.8) is 0 Å². The molecule has 112 valence electrons. The van der Waals surface area contributed by atoms with E-state index in [-0.39, 0.29) is 11.7 Å². The molecule has 0 amide bonds. The molecule has 0 spiro atoms. The largest absolute Gasteiger partial charge is 0.496 e. The molecule has 1 heterocycles. The van der Waals surface area contributed by atoms with Crippen LogP contribution in [0.25, 0.3) is 0 Å². The third-order valence-corrected chi connectivity index (χ3v) is 3.44. The predicted octanol–water partition coefficient (Wildman–Crippen LogP) is 1.97. The Morgan fingerprint density at radius 2 is 2.24 bits per heavy atom. The molecule has 1 N–H and O–H groups in total. The molecule has 1 atom stereocenters. The van der Waals surface area contributed by atoms with Crippen molar-refractivity contribution in [2.75, 3.05) is 13.7 Å². The van der Waals surface area contributed by atoms with Gasteiger partial charge in [0, 0.05) is 24.0 Å². The minimum atomic E-state index is -0.260. The van der Waals surface area contributed by atoms with Gasteiger partial charge in [0.25, 0.3) is 0 Å². The molecule has 1 unspecified atom stereocenters. The molecule has 2 aromatic rings. The second kappa shape index (κ2) is 7.04. The number of rotatable bonds is 6. The highest BCUT2D eigenvalue weighted by Gasteiger charge is 2.10.